The lowest BCUT2D eigenvalue weighted by atomic mass is 10.0. The van der Waals surface area contributed by atoms with Crippen LogP contribution in [0, 0.1) is 59.1 Å². The molecule has 11 heteroatoms. The summed E-state index contributed by atoms with van der Waals surface area (Å²) < 4.78 is 80.9. The van der Waals surface area contributed by atoms with Crippen molar-refractivity contribution in [2.24, 2.45) is 0 Å². The molecule has 284 valence electrons. The fourth-order valence-corrected chi connectivity index (χ4v) is 7.27. The molecule has 2 nitrogen and oxygen atoms in total. The summed E-state index contributed by atoms with van der Waals surface area (Å²) in [6, 6.07) is 15.5. The first-order valence-electron chi connectivity index (χ1n) is 17.5. The average molecular weight is 852 g/mol. The Morgan fingerprint density at radius 2 is 1.00 bits per heavy atom. The van der Waals surface area contributed by atoms with E-state index in [4.69, 9.17) is 6.42 Å². The van der Waals surface area contributed by atoms with Gasteiger partial charge in [0.25, 0.3) is 0 Å². The van der Waals surface area contributed by atoms with E-state index in [0.29, 0.717) is 27.3 Å². The van der Waals surface area contributed by atoms with E-state index in [1.165, 1.54) is 96.0 Å². The predicted octanol–water partition coefficient (Wildman–Crippen LogP) is 13.8. The van der Waals surface area contributed by atoms with Gasteiger partial charge >= 0.3 is 0 Å². The molecule has 55 heavy (non-hydrogen) atoms. The van der Waals surface area contributed by atoms with Crippen molar-refractivity contribution in [3.05, 3.63) is 150 Å². The fraction of sp³-hybridized carbons (Fsp3) is 0.227. The number of rotatable bonds is 10. The second kappa shape index (κ2) is 22.0. The van der Waals surface area contributed by atoms with Gasteiger partial charge in [-0.2, -0.15) is 0 Å². The highest BCUT2D eigenvalue weighted by atomic mass is 79.9. The van der Waals surface area contributed by atoms with E-state index in [0.717, 1.165) is 41.0 Å². The van der Waals surface area contributed by atoms with Gasteiger partial charge in [-0.15, -0.1) is 29.1 Å². The zero-order chi connectivity index (χ0) is 39.7. The second-order valence-corrected chi connectivity index (χ2v) is 15.7. The molecule has 0 aliphatic heterocycles. The molecule has 2 aromatic heterocycles. The van der Waals surface area contributed by atoms with E-state index in [1.54, 1.807) is 23.5 Å². The van der Waals surface area contributed by atoms with Gasteiger partial charge < -0.3 is 0 Å². The van der Waals surface area contributed by atoms with Gasteiger partial charge in [0.1, 0.15) is 11.6 Å². The van der Waals surface area contributed by atoms with E-state index in [1.807, 2.05) is 12.4 Å². The molecule has 0 spiro atoms. The van der Waals surface area contributed by atoms with Gasteiger partial charge in [-0.1, -0.05) is 75.6 Å². The number of hydrogen-bond donors (Lipinski definition) is 0. The smallest absolute Gasteiger partial charge is 0.167 e. The van der Waals surface area contributed by atoms with Crippen molar-refractivity contribution in [3.8, 4) is 46.4 Å². The molecule has 0 saturated heterocycles. The largest absolute Gasteiger partial charge is 0.237 e. The van der Waals surface area contributed by atoms with Crippen LogP contribution in [0.5, 0.6) is 0 Å². The summed E-state index contributed by atoms with van der Waals surface area (Å²) >= 11 is 6.62. The monoisotopic (exact) mass is 850 g/mol. The van der Waals surface area contributed by atoms with Crippen molar-refractivity contribution >= 4 is 38.6 Å². The highest BCUT2D eigenvalue weighted by Gasteiger charge is 2.09. The number of halogens is 7. The second-order valence-electron chi connectivity index (χ2n) is 12.2. The Bertz CT molecular complexity index is 2280. The summed E-state index contributed by atoms with van der Waals surface area (Å²) in [5.74, 6) is 3.01. The molecular formula is C44H37BrF6N2S2. The number of hydrogen-bond acceptors (Lipinski definition) is 4. The van der Waals surface area contributed by atoms with Crippen molar-refractivity contribution in [1.82, 2.24) is 9.97 Å². The molecule has 0 N–H and O–H groups in total. The van der Waals surface area contributed by atoms with Gasteiger partial charge in [-0.3, -0.25) is 0 Å². The standard InChI is InChI=1S/C22H18F3NS.C14H7F3.C8H12BrNS/c1-2-3-4-5-18-14-26-22(27-18)11-9-15-6-7-16(12-20(15)24)17-8-10-19(23)21(25)13-17;1-2-9-3-4-10(7-13(9)16)11-5-6-12(15)14(17)8-11;1-2-3-4-5-7-6-10-8(9)11-7/h6-8,10,12-14H,2-5H2,1H3;1,3-8H;6H,2-5H2,1H3. The van der Waals surface area contributed by atoms with Crippen molar-refractivity contribution < 1.29 is 26.3 Å². The zero-order valence-electron chi connectivity index (χ0n) is 30.2. The Morgan fingerprint density at radius 1 is 0.545 bits per heavy atom. The summed E-state index contributed by atoms with van der Waals surface area (Å²) in [6.45, 7) is 4.39. The number of terminal acetylenes is 1. The van der Waals surface area contributed by atoms with Crippen LogP contribution in [0.25, 0.3) is 22.3 Å². The highest BCUT2D eigenvalue weighted by Crippen LogP contribution is 2.25. The molecule has 0 aliphatic carbocycles. The minimum Gasteiger partial charge on any atom is -0.237 e. The normalized spacial score (nSPS) is 10.3. The number of thiazole rings is 2. The zero-order valence-corrected chi connectivity index (χ0v) is 33.4. The fourth-order valence-electron chi connectivity index (χ4n) is 5.06. The third-order valence-corrected chi connectivity index (χ3v) is 10.5. The van der Waals surface area contributed by atoms with Gasteiger partial charge in [-0.05, 0) is 118 Å². The molecule has 0 radical (unpaired) electrons. The highest BCUT2D eigenvalue weighted by molar-refractivity contribution is 9.11. The lowest BCUT2D eigenvalue weighted by molar-refractivity contribution is 0.509. The van der Waals surface area contributed by atoms with Crippen LogP contribution >= 0.6 is 38.6 Å². The topological polar surface area (TPSA) is 25.8 Å². The number of benzene rings is 4. The summed E-state index contributed by atoms with van der Waals surface area (Å²) in [5.41, 5.74) is 2.08. The van der Waals surface area contributed by atoms with Crippen LogP contribution in [0.15, 0.2) is 89.1 Å². The molecule has 0 aliphatic rings. The Morgan fingerprint density at radius 3 is 1.44 bits per heavy atom. The number of nitrogens with zero attached hydrogens (tertiary/aromatic N) is 2. The number of aromatic nitrogens is 2. The maximum atomic E-state index is 14.3. The van der Waals surface area contributed by atoms with Crippen LogP contribution in [0.1, 0.15) is 78.3 Å². The van der Waals surface area contributed by atoms with Crippen LogP contribution < -0.4 is 0 Å². The molecular weight excluding hydrogens is 815 g/mol. The number of unbranched alkanes of at least 4 members (excludes halogenated alkanes) is 4. The van der Waals surface area contributed by atoms with Gasteiger partial charge in [0, 0.05) is 22.1 Å². The molecule has 6 aromatic rings. The number of aryl methyl sites for hydroxylation is 2. The molecule has 0 amide bonds. The Hall–Kier alpha value is -4.68. The molecule has 0 bridgehead atoms. The third kappa shape index (κ3) is 13.5. The van der Waals surface area contributed by atoms with Crippen molar-refractivity contribution in [1.29, 1.82) is 0 Å². The van der Waals surface area contributed by atoms with Crippen LogP contribution in [-0.4, -0.2) is 9.97 Å². The van der Waals surface area contributed by atoms with Gasteiger partial charge in [0.15, 0.2) is 32.2 Å². The van der Waals surface area contributed by atoms with Crippen LogP contribution in [0.3, 0.4) is 0 Å². The molecule has 0 atom stereocenters. The molecule has 0 fully saturated rings. The summed E-state index contributed by atoms with van der Waals surface area (Å²) in [4.78, 5) is 11.0. The predicted molar refractivity (Wildman–Crippen MR) is 216 cm³/mol. The third-order valence-electron chi connectivity index (χ3n) is 8.04. The van der Waals surface area contributed by atoms with E-state index < -0.39 is 34.9 Å². The lowest BCUT2D eigenvalue weighted by Crippen LogP contribution is -1.89. The van der Waals surface area contributed by atoms with Crippen LogP contribution in [0.2, 0.25) is 0 Å². The first kappa shape index (κ1) is 43.1. The minimum atomic E-state index is -0.969. The maximum absolute atomic E-state index is 14.3. The Labute approximate surface area is 334 Å². The van der Waals surface area contributed by atoms with E-state index in [2.05, 4.69) is 57.5 Å². The van der Waals surface area contributed by atoms with E-state index >= 15 is 0 Å². The quantitative estimate of drug-likeness (QED) is 0.0779. The van der Waals surface area contributed by atoms with Crippen molar-refractivity contribution in [2.75, 3.05) is 0 Å². The first-order valence-corrected chi connectivity index (χ1v) is 20.0. The summed E-state index contributed by atoms with van der Waals surface area (Å²) in [6.07, 6.45) is 18.5. The molecule has 0 unspecified atom stereocenters. The SMILES string of the molecule is C#Cc1ccc(-c2ccc(F)c(F)c2)cc1F.CCCCCc1cnc(Br)s1.CCCCCc1cnc(C#Cc2ccc(-c3ccc(F)c(F)c3)cc2F)s1. The average Bonchev–Trinajstić information content (AvgIpc) is 3.82. The summed E-state index contributed by atoms with van der Waals surface area (Å²) in [7, 11) is 0. The Balaban J connectivity index is 0.000000204. The molecule has 2 heterocycles. The van der Waals surface area contributed by atoms with Gasteiger partial charge in [0.05, 0.1) is 11.1 Å². The lowest BCUT2D eigenvalue weighted by Gasteiger charge is -2.04. The van der Waals surface area contributed by atoms with Gasteiger partial charge in [-0.25, -0.2) is 36.3 Å². The Kier molecular flexibility index (Phi) is 17.2. The van der Waals surface area contributed by atoms with E-state index in [-0.39, 0.29) is 11.1 Å². The van der Waals surface area contributed by atoms with Crippen molar-refractivity contribution in [2.45, 2.75) is 65.2 Å². The minimum absolute atomic E-state index is 0.135. The molecule has 4 aromatic carbocycles. The van der Waals surface area contributed by atoms with Gasteiger partial charge in [0.2, 0.25) is 0 Å². The van der Waals surface area contributed by atoms with E-state index in [9.17, 15) is 26.3 Å². The maximum Gasteiger partial charge on any atom is 0.167 e. The first-order chi connectivity index (χ1) is 26.5. The van der Waals surface area contributed by atoms with Crippen LogP contribution in [0.4, 0.5) is 26.3 Å². The van der Waals surface area contributed by atoms with Crippen LogP contribution in [-0.2, 0) is 12.8 Å². The summed E-state index contributed by atoms with van der Waals surface area (Å²) in [5, 5.41) is 0.658. The molecule has 0 saturated carbocycles. The molecule has 6 rings (SSSR count). The van der Waals surface area contributed by atoms with Crippen molar-refractivity contribution in [3.63, 3.8) is 0 Å².